The Labute approximate surface area is 201 Å². The maximum Gasteiger partial charge on any atom is 0.387 e. The van der Waals surface area contributed by atoms with E-state index in [0.717, 1.165) is 18.2 Å². The van der Waals surface area contributed by atoms with Crippen LogP contribution in [-0.2, 0) is 13.2 Å². The minimum atomic E-state index is -3.28. The van der Waals surface area contributed by atoms with Gasteiger partial charge in [0, 0.05) is 11.1 Å². The van der Waals surface area contributed by atoms with Crippen molar-refractivity contribution < 1.29 is 36.6 Å². The average molecular weight is 509 g/mol. The molecule has 4 aromatic rings. The fraction of sp³-hybridized carbons (Fsp3) is 0.167. The largest absolute Gasteiger partial charge is 0.486 e. The van der Waals surface area contributed by atoms with Gasteiger partial charge in [-0.3, -0.25) is 4.79 Å². The van der Waals surface area contributed by atoms with Crippen LogP contribution in [-0.4, -0.2) is 28.6 Å². The summed E-state index contributed by atoms with van der Waals surface area (Å²) in [6.07, 6.45) is 0. The van der Waals surface area contributed by atoms with Gasteiger partial charge in [0.15, 0.2) is 5.78 Å². The maximum atomic E-state index is 13.1. The number of alkyl halides is 4. The first-order valence-electron chi connectivity index (χ1n) is 10.2. The van der Waals surface area contributed by atoms with Gasteiger partial charge in [0.2, 0.25) is 0 Å². The van der Waals surface area contributed by atoms with Gasteiger partial charge in [-0.1, -0.05) is 23.7 Å². The Morgan fingerprint density at radius 3 is 2.31 bits per heavy atom. The average Bonchev–Trinajstić information content (AvgIpc) is 3.15. The summed E-state index contributed by atoms with van der Waals surface area (Å²) in [4.78, 5) is 17.7. The number of carbonyl (C=O) groups is 1. The number of ketones is 1. The van der Waals surface area contributed by atoms with Gasteiger partial charge in [-0.25, -0.2) is 4.98 Å². The van der Waals surface area contributed by atoms with Gasteiger partial charge in [-0.05, 0) is 48.5 Å². The number of ether oxygens (including phenoxy) is 3. The van der Waals surface area contributed by atoms with Crippen LogP contribution in [0.2, 0.25) is 5.02 Å². The minimum Gasteiger partial charge on any atom is -0.486 e. The first-order chi connectivity index (χ1) is 16.8. The molecule has 1 heterocycles. The molecule has 35 heavy (non-hydrogen) atoms. The Balaban J connectivity index is 1.63. The molecule has 6 nitrogen and oxygen atoms in total. The van der Waals surface area contributed by atoms with Crippen LogP contribution in [0.4, 0.5) is 17.6 Å². The Bertz CT molecular complexity index is 1330. The zero-order valence-electron chi connectivity index (χ0n) is 17.8. The Kier molecular flexibility index (Phi) is 7.40. The number of rotatable bonds is 10. The first-order valence-corrected chi connectivity index (χ1v) is 10.6. The summed E-state index contributed by atoms with van der Waals surface area (Å²) < 4.78 is 66.9. The predicted octanol–water partition coefficient (Wildman–Crippen LogP) is 6.35. The van der Waals surface area contributed by atoms with Gasteiger partial charge in [0.25, 0.3) is 0 Å². The van der Waals surface area contributed by atoms with Crippen molar-refractivity contribution in [2.75, 3.05) is 0 Å². The zero-order valence-corrected chi connectivity index (χ0v) is 18.6. The molecule has 0 amide bonds. The van der Waals surface area contributed by atoms with Gasteiger partial charge < -0.3 is 18.8 Å². The number of Topliss-reactive ketones (excluding diaryl/α,β-unsaturated/α-hetero) is 1. The molecular formula is C24H17ClF4N2O4. The third-order valence-corrected chi connectivity index (χ3v) is 5.16. The summed E-state index contributed by atoms with van der Waals surface area (Å²) in [5.41, 5.74) is 0.985. The van der Waals surface area contributed by atoms with Crippen molar-refractivity contribution in [3.63, 3.8) is 0 Å². The summed E-state index contributed by atoms with van der Waals surface area (Å²) >= 11 is 5.89. The van der Waals surface area contributed by atoms with E-state index in [9.17, 15) is 22.4 Å². The molecule has 0 radical (unpaired) electrons. The normalized spacial score (nSPS) is 11.3. The van der Waals surface area contributed by atoms with Crippen LogP contribution in [0.25, 0.3) is 11.0 Å². The lowest BCUT2D eigenvalue weighted by Crippen LogP contribution is -2.16. The van der Waals surface area contributed by atoms with E-state index in [2.05, 4.69) is 14.5 Å². The van der Waals surface area contributed by atoms with Crippen molar-refractivity contribution in [2.24, 2.45) is 0 Å². The molecule has 0 saturated heterocycles. The lowest BCUT2D eigenvalue weighted by atomic mass is 10.1. The molecule has 11 heteroatoms. The van der Waals surface area contributed by atoms with E-state index in [4.69, 9.17) is 16.3 Å². The fourth-order valence-corrected chi connectivity index (χ4v) is 3.55. The molecule has 0 aliphatic carbocycles. The molecule has 0 N–H and O–H groups in total. The second-order valence-electron chi connectivity index (χ2n) is 7.18. The Morgan fingerprint density at radius 1 is 0.914 bits per heavy atom. The van der Waals surface area contributed by atoms with E-state index in [1.165, 1.54) is 0 Å². The zero-order chi connectivity index (χ0) is 24.9. The van der Waals surface area contributed by atoms with Crippen molar-refractivity contribution in [1.82, 2.24) is 9.55 Å². The molecule has 0 spiro atoms. The van der Waals surface area contributed by atoms with Crippen molar-refractivity contribution >= 4 is 28.4 Å². The second-order valence-corrected chi connectivity index (χ2v) is 7.62. The predicted molar refractivity (Wildman–Crippen MR) is 120 cm³/mol. The van der Waals surface area contributed by atoms with E-state index in [0.29, 0.717) is 27.6 Å². The van der Waals surface area contributed by atoms with Crippen LogP contribution >= 0.6 is 11.6 Å². The number of fused-ring (bicyclic) bond motifs is 1. The van der Waals surface area contributed by atoms with Crippen molar-refractivity contribution in [2.45, 2.75) is 26.4 Å². The number of carbonyl (C=O) groups excluding carboxylic acids is 1. The third kappa shape index (κ3) is 6.02. The highest BCUT2D eigenvalue weighted by molar-refractivity contribution is 6.30. The van der Waals surface area contributed by atoms with Crippen molar-refractivity contribution in [3.8, 4) is 17.2 Å². The standard InChI is InChI=1S/C24H17ClF4N2O4/c25-14-5-7-15(8-6-14)33-13-22-30-18-3-1-2-4-19(18)31(22)12-20(32)17-10-9-16(34-23(26)27)11-21(17)35-24(28)29/h1-11,23-24H,12-13H2. The number of nitrogens with zero attached hydrogens (tertiary/aromatic N) is 2. The van der Waals surface area contributed by atoms with E-state index in [1.807, 2.05) is 0 Å². The number of para-hydroxylation sites is 2. The van der Waals surface area contributed by atoms with Gasteiger partial charge in [-0.2, -0.15) is 17.6 Å². The summed E-state index contributed by atoms with van der Waals surface area (Å²) in [6, 6.07) is 16.7. The molecule has 0 unspecified atom stereocenters. The van der Waals surface area contributed by atoms with Crippen LogP contribution in [0.3, 0.4) is 0 Å². The maximum absolute atomic E-state index is 13.1. The Morgan fingerprint density at radius 2 is 1.60 bits per heavy atom. The molecule has 3 aromatic carbocycles. The second kappa shape index (κ2) is 10.6. The Hall–Kier alpha value is -3.79. The minimum absolute atomic E-state index is 0.00511. The summed E-state index contributed by atoms with van der Waals surface area (Å²) in [6.45, 7) is -6.74. The highest BCUT2D eigenvalue weighted by atomic mass is 35.5. The van der Waals surface area contributed by atoms with Gasteiger partial charge in [0.05, 0.1) is 23.1 Å². The topological polar surface area (TPSA) is 62.6 Å². The highest BCUT2D eigenvalue weighted by Gasteiger charge is 2.21. The van der Waals surface area contributed by atoms with Crippen molar-refractivity contribution in [1.29, 1.82) is 0 Å². The monoisotopic (exact) mass is 508 g/mol. The lowest BCUT2D eigenvalue weighted by Gasteiger charge is -2.14. The molecule has 0 bridgehead atoms. The third-order valence-electron chi connectivity index (χ3n) is 4.91. The van der Waals surface area contributed by atoms with Gasteiger partial charge in [0.1, 0.15) is 29.7 Å². The smallest absolute Gasteiger partial charge is 0.387 e. The SMILES string of the molecule is O=C(Cn1c(COc2ccc(Cl)cc2)nc2ccccc21)c1ccc(OC(F)F)cc1OC(F)F. The number of benzene rings is 3. The number of hydrogen-bond donors (Lipinski definition) is 0. The summed E-state index contributed by atoms with van der Waals surface area (Å²) in [5.74, 6) is -0.672. The number of imidazole rings is 1. The van der Waals surface area contributed by atoms with E-state index >= 15 is 0 Å². The van der Waals surface area contributed by atoms with Crippen LogP contribution in [0.1, 0.15) is 16.2 Å². The molecule has 0 aliphatic rings. The number of halogens is 5. The van der Waals surface area contributed by atoms with E-state index in [-0.39, 0.29) is 18.7 Å². The van der Waals surface area contributed by atoms with Crippen LogP contribution < -0.4 is 14.2 Å². The summed E-state index contributed by atoms with van der Waals surface area (Å²) in [7, 11) is 0. The summed E-state index contributed by atoms with van der Waals surface area (Å²) in [5, 5.41) is 0.543. The van der Waals surface area contributed by atoms with Gasteiger partial charge in [-0.15, -0.1) is 0 Å². The van der Waals surface area contributed by atoms with Crippen LogP contribution in [0.5, 0.6) is 17.2 Å². The number of hydrogen-bond acceptors (Lipinski definition) is 5. The van der Waals surface area contributed by atoms with E-state index < -0.39 is 30.5 Å². The first kappa shape index (κ1) is 24.3. The van der Waals surface area contributed by atoms with Gasteiger partial charge >= 0.3 is 13.2 Å². The lowest BCUT2D eigenvalue weighted by molar-refractivity contribution is -0.0544. The van der Waals surface area contributed by atoms with Crippen LogP contribution in [0, 0.1) is 0 Å². The molecule has 0 fully saturated rings. The van der Waals surface area contributed by atoms with Crippen LogP contribution in [0.15, 0.2) is 66.7 Å². The molecule has 0 aliphatic heterocycles. The molecular weight excluding hydrogens is 492 g/mol. The van der Waals surface area contributed by atoms with Crippen molar-refractivity contribution in [3.05, 3.63) is 83.1 Å². The molecule has 0 saturated carbocycles. The quantitative estimate of drug-likeness (QED) is 0.184. The molecule has 0 atom stereocenters. The molecule has 182 valence electrons. The highest BCUT2D eigenvalue weighted by Crippen LogP contribution is 2.29. The molecule has 1 aromatic heterocycles. The fourth-order valence-electron chi connectivity index (χ4n) is 3.42. The number of aromatic nitrogens is 2. The molecule has 4 rings (SSSR count). The van der Waals surface area contributed by atoms with E-state index in [1.54, 1.807) is 53.1 Å².